The van der Waals surface area contributed by atoms with Crippen molar-refractivity contribution in [1.82, 2.24) is 4.90 Å². The van der Waals surface area contributed by atoms with Crippen LogP contribution in [-0.4, -0.2) is 28.7 Å². The van der Waals surface area contributed by atoms with E-state index in [4.69, 9.17) is 0 Å². The SMILES string of the molecule is O=C(Nc1ccccc1)[C@@H]1[C@@H]2C(=O)N(c3ccc(Br)cc3)C(=O)[C@H]2[C@@H]2c3ccccc3C=CN12. The highest BCUT2D eigenvalue weighted by atomic mass is 79.9. The molecular weight excluding hydrogens is 494 g/mol. The number of nitrogens with one attached hydrogen (secondary N) is 1. The summed E-state index contributed by atoms with van der Waals surface area (Å²) in [5.74, 6) is -2.36. The Hall–Kier alpha value is -3.71. The number of hydrogen-bond acceptors (Lipinski definition) is 4. The molecule has 0 saturated carbocycles. The lowest BCUT2D eigenvalue weighted by Crippen LogP contribution is -2.46. The Labute approximate surface area is 205 Å². The van der Waals surface area contributed by atoms with Gasteiger partial charge in [-0.05, 0) is 53.6 Å². The number of benzene rings is 3. The zero-order valence-corrected chi connectivity index (χ0v) is 19.6. The van der Waals surface area contributed by atoms with Crippen LogP contribution in [0.1, 0.15) is 17.2 Å². The molecule has 0 aromatic heterocycles. The van der Waals surface area contributed by atoms with Crippen LogP contribution >= 0.6 is 15.9 Å². The standard InChI is InChI=1S/C27H20BrN3O3/c28-17-10-12-19(13-11-17)31-26(33)21-22(27(31)34)24(25(32)29-18-7-2-1-3-8-18)30-15-14-16-6-4-5-9-20(16)23(21)30/h1-15,21-24H,(H,29,32)/t21-,22-,23+,24+/m1/s1. The molecule has 1 N–H and O–H groups in total. The smallest absolute Gasteiger partial charge is 0.247 e. The Balaban J connectivity index is 1.45. The van der Waals surface area contributed by atoms with E-state index in [2.05, 4.69) is 21.2 Å². The molecule has 4 atom stereocenters. The van der Waals surface area contributed by atoms with Crippen LogP contribution in [0.4, 0.5) is 11.4 Å². The van der Waals surface area contributed by atoms with Crippen molar-refractivity contribution >= 4 is 51.1 Å². The number of hydrogen-bond donors (Lipinski definition) is 1. The summed E-state index contributed by atoms with van der Waals surface area (Å²) in [5.41, 5.74) is 3.11. The lowest BCUT2D eigenvalue weighted by molar-refractivity contribution is -0.128. The number of amides is 3. The van der Waals surface area contributed by atoms with Crippen molar-refractivity contribution in [2.45, 2.75) is 12.1 Å². The molecule has 3 aliphatic heterocycles. The van der Waals surface area contributed by atoms with Gasteiger partial charge in [0.2, 0.25) is 17.7 Å². The zero-order chi connectivity index (χ0) is 23.4. The monoisotopic (exact) mass is 513 g/mol. The Bertz CT molecular complexity index is 1340. The van der Waals surface area contributed by atoms with Crippen molar-refractivity contribution < 1.29 is 14.4 Å². The van der Waals surface area contributed by atoms with Crippen LogP contribution in [-0.2, 0) is 14.4 Å². The Morgan fingerprint density at radius 2 is 1.50 bits per heavy atom. The fraction of sp³-hybridized carbons (Fsp3) is 0.148. The number of carbonyl (C=O) groups excluding carboxylic acids is 3. The number of nitrogens with zero attached hydrogens (tertiary/aromatic N) is 2. The molecule has 7 heteroatoms. The Morgan fingerprint density at radius 3 is 2.26 bits per heavy atom. The summed E-state index contributed by atoms with van der Waals surface area (Å²) in [5, 5.41) is 2.95. The minimum atomic E-state index is -0.809. The van der Waals surface area contributed by atoms with E-state index in [0.717, 1.165) is 15.6 Å². The lowest BCUT2D eigenvalue weighted by Gasteiger charge is -2.35. The number of anilines is 2. The van der Waals surface area contributed by atoms with Gasteiger partial charge in [-0.3, -0.25) is 14.4 Å². The van der Waals surface area contributed by atoms with Crippen LogP contribution < -0.4 is 10.2 Å². The van der Waals surface area contributed by atoms with E-state index >= 15 is 0 Å². The van der Waals surface area contributed by atoms with Gasteiger partial charge in [0.15, 0.2) is 0 Å². The van der Waals surface area contributed by atoms with Gasteiger partial charge in [0.25, 0.3) is 0 Å². The van der Waals surface area contributed by atoms with Crippen LogP contribution in [0.15, 0.2) is 89.5 Å². The number of para-hydroxylation sites is 1. The third kappa shape index (κ3) is 3.11. The van der Waals surface area contributed by atoms with Crippen LogP contribution in [0.3, 0.4) is 0 Å². The molecule has 168 valence electrons. The highest BCUT2D eigenvalue weighted by Gasteiger charge is 2.64. The first kappa shape index (κ1) is 20.9. The van der Waals surface area contributed by atoms with Crippen molar-refractivity contribution in [3.8, 4) is 0 Å². The summed E-state index contributed by atoms with van der Waals surface area (Å²) in [4.78, 5) is 44.3. The summed E-state index contributed by atoms with van der Waals surface area (Å²) in [6.45, 7) is 0. The molecule has 0 radical (unpaired) electrons. The molecule has 2 saturated heterocycles. The van der Waals surface area contributed by atoms with Crippen LogP contribution in [0.25, 0.3) is 6.08 Å². The third-order valence-electron chi connectivity index (χ3n) is 6.86. The quantitative estimate of drug-likeness (QED) is 0.519. The van der Waals surface area contributed by atoms with E-state index < -0.39 is 23.9 Å². The summed E-state index contributed by atoms with van der Waals surface area (Å²) in [6, 6.07) is 22.9. The largest absolute Gasteiger partial charge is 0.357 e. The Morgan fingerprint density at radius 1 is 0.824 bits per heavy atom. The first-order valence-electron chi connectivity index (χ1n) is 11.1. The average Bonchev–Trinajstić information content (AvgIpc) is 3.33. The van der Waals surface area contributed by atoms with Crippen LogP contribution in [0.2, 0.25) is 0 Å². The maximum Gasteiger partial charge on any atom is 0.247 e. The van der Waals surface area contributed by atoms with E-state index in [1.54, 1.807) is 36.4 Å². The van der Waals surface area contributed by atoms with Gasteiger partial charge in [-0.2, -0.15) is 0 Å². The van der Waals surface area contributed by atoms with E-state index in [-0.39, 0.29) is 17.7 Å². The second kappa shape index (κ2) is 7.95. The molecule has 3 aromatic carbocycles. The fourth-order valence-corrected chi connectivity index (χ4v) is 5.70. The van der Waals surface area contributed by atoms with Gasteiger partial charge in [-0.15, -0.1) is 0 Å². The summed E-state index contributed by atoms with van der Waals surface area (Å²) >= 11 is 3.40. The highest BCUT2D eigenvalue weighted by Crippen LogP contribution is 2.53. The second-order valence-corrected chi connectivity index (χ2v) is 9.59. The third-order valence-corrected chi connectivity index (χ3v) is 7.39. The lowest BCUT2D eigenvalue weighted by atomic mass is 9.84. The van der Waals surface area contributed by atoms with Gasteiger partial charge in [0, 0.05) is 16.4 Å². The molecule has 2 fully saturated rings. The number of imide groups is 1. The molecule has 34 heavy (non-hydrogen) atoms. The molecule has 3 aliphatic rings. The minimum Gasteiger partial charge on any atom is -0.357 e. The first-order chi connectivity index (χ1) is 16.5. The predicted molar refractivity (Wildman–Crippen MR) is 133 cm³/mol. The molecule has 0 bridgehead atoms. The molecule has 6 nitrogen and oxygen atoms in total. The molecular formula is C27H20BrN3O3. The summed E-state index contributed by atoms with van der Waals surface area (Å²) in [6.07, 6.45) is 3.79. The molecule has 0 unspecified atom stereocenters. The molecule has 3 amide bonds. The first-order valence-corrected chi connectivity index (χ1v) is 11.9. The molecule has 0 aliphatic carbocycles. The van der Waals surface area contributed by atoms with Crippen molar-refractivity contribution in [3.05, 3.63) is 101 Å². The second-order valence-electron chi connectivity index (χ2n) is 8.68. The van der Waals surface area contributed by atoms with E-state index in [9.17, 15) is 14.4 Å². The van der Waals surface area contributed by atoms with Gasteiger partial charge in [-0.25, -0.2) is 4.90 Å². The molecule has 0 spiro atoms. The van der Waals surface area contributed by atoms with E-state index in [1.807, 2.05) is 59.6 Å². The van der Waals surface area contributed by atoms with Gasteiger partial charge >= 0.3 is 0 Å². The van der Waals surface area contributed by atoms with Crippen LogP contribution in [0.5, 0.6) is 0 Å². The average molecular weight is 514 g/mol. The van der Waals surface area contributed by atoms with E-state index in [1.165, 1.54) is 4.90 Å². The minimum absolute atomic E-state index is 0.271. The summed E-state index contributed by atoms with van der Waals surface area (Å²) < 4.78 is 0.855. The Kier molecular flexibility index (Phi) is 4.88. The number of rotatable bonds is 3. The number of carbonyl (C=O) groups is 3. The van der Waals surface area contributed by atoms with E-state index in [0.29, 0.717) is 11.4 Å². The molecule has 3 aromatic rings. The van der Waals surface area contributed by atoms with Crippen LogP contribution in [0, 0.1) is 11.8 Å². The summed E-state index contributed by atoms with van der Waals surface area (Å²) in [7, 11) is 0. The van der Waals surface area contributed by atoms with Crippen molar-refractivity contribution in [3.63, 3.8) is 0 Å². The number of fused-ring (bicyclic) bond motifs is 5. The maximum absolute atomic E-state index is 13.8. The van der Waals surface area contributed by atoms with Gasteiger partial charge in [0.05, 0.1) is 23.6 Å². The van der Waals surface area contributed by atoms with Gasteiger partial charge in [-0.1, -0.05) is 58.4 Å². The van der Waals surface area contributed by atoms with Crippen molar-refractivity contribution in [2.24, 2.45) is 11.8 Å². The zero-order valence-electron chi connectivity index (χ0n) is 18.0. The predicted octanol–water partition coefficient (Wildman–Crippen LogP) is 4.60. The van der Waals surface area contributed by atoms with Crippen molar-refractivity contribution in [2.75, 3.05) is 10.2 Å². The fourth-order valence-electron chi connectivity index (χ4n) is 5.44. The van der Waals surface area contributed by atoms with Crippen molar-refractivity contribution in [1.29, 1.82) is 0 Å². The normalized spacial score (nSPS) is 24.6. The van der Waals surface area contributed by atoms with Gasteiger partial charge < -0.3 is 10.2 Å². The maximum atomic E-state index is 13.8. The topological polar surface area (TPSA) is 69.7 Å². The molecule has 3 heterocycles. The van der Waals surface area contributed by atoms with Gasteiger partial charge in [0.1, 0.15) is 6.04 Å². The highest BCUT2D eigenvalue weighted by molar-refractivity contribution is 9.10. The number of halogens is 1. The molecule has 6 rings (SSSR count).